The molecule has 0 radical (unpaired) electrons. The van der Waals surface area contributed by atoms with Gasteiger partial charge in [0.05, 0.1) is 20.8 Å². The van der Waals surface area contributed by atoms with Crippen molar-refractivity contribution in [2.45, 2.75) is 23.6 Å². The molecular weight excluding hydrogens is 685 g/mol. The van der Waals surface area contributed by atoms with Gasteiger partial charge in [0.15, 0.2) is 0 Å². The van der Waals surface area contributed by atoms with Gasteiger partial charge in [-0.25, -0.2) is 24.8 Å². The van der Waals surface area contributed by atoms with E-state index >= 15 is 0 Å². The summed E-state index contributed by atoms with van der Waals surface area (Å²) in [6, 6.07) is 24.9. The molecule has 0 unspecified atom stereocenters. The van der Waals surface area contributed by atoms with Crippen molar-refractivity contribution in [2.75, 3.05) is 62.2 Å². The topological polar surface area (TPSA) is 118 Å². The van der Waals surface area contributed by atoms with Crippen molar-refractivity contribution in [3.63, 3.8) is 0 Å². The molecule has 13 heteroatoms. The molecule has 0 atom stereocenters. The highest BCUT2D eigenvalue weighted by Crippen LogP contribution is 2.35. The summed E-state index contributed by atoms with van der Waals surface area (Å²) >= 11 is 0. The second-order valence-corrected chi connectivity index (χ2v) is 16.7. The number of aryl methyl sites for hydroxylation is 2. The first kappa shape index (κ1) is 33.3. The van der Waals surface area contributed by atoms with E-state index in [1.165, 1.54) is 7.94 Å². The Morgan fingerprint density at radius 1 is 0.549 bits per heavy atom. The monoisotopic (exact) mass is 724 g/mol. The lowest BCUT2D eigenvalue weighted by atomic mass is 10.2. The Kier molecular flexibility index (Phi) is 8.53. The van der Waals surface area contributed by atoms with Gasteiger partial charge in [-0.1, -0.05) is 12.1 Å². The lowest BCUT2D eigenvalue weighted by Crippen LogP contribution is -2.43. The molecule has 0 amide bonds. The van der Waals surface area contributed by atoms with Crippen molar-refractivity contribution in [1.82, 2.24) is 18.6 Å². The highest BCUT2D eigenvalue weighted by atomic mass is 32.2. The number of aromatic nitrogens is 2. The van der Waals surface area contributed by atoms with Crippen LogP contribution in [-0.2, 0) is 20.0 Å². The van der Waals surface area contributed by atoms with Gasteiger partial charge in [0.2, 0.25) is 0 Å². The molecular formula is C38H40N6O5S2. The fourth-order valence-corrected chi connectivity index (χ4v) is 10.0. The van der Waals surface area contributed by atoms with E-state index in [0.29, 0.717) is 33.7 Å². The molecule has 8 rings (SSSR count). The summed E-state index contributed by atoms with van der Waals surface area (Å²) in [5, 5.41) is 8.51. The maximum Gasteiger partial charge on any atom is 0.268 e. The van der Waals surface area contributed by atoms with Crippen LogP contribution in [0.25, 0.3) is 21.8 Å². The van der Waals surface area contributed by atoms with E-state index in [0.717, 1.165) is 74.5 Å². The first-order valence-corrected chi connectivity index (χ1v) is 20.0. The number of hydrogen-bond donors (Lipinski definition) is 2. The van der Waals surface area contributed by atoms with Gasteiger partial charge in [0, 0.05) is 86.9 Å². The summed E-state index contributed by atoms with van der Waals surface area (Å²) in [6.07, 6.45) is 3.23. The number of nitrogens with zero attached hydrogens (tertiary/aromatic N) is 4. The Bertz CT molecular complexity index is 2320. The number of rotatable bonds is 8. The molecule has 0 aliphatic carbocycles. The maximum absolute atomic E-state index is 13.9. The highest BCUT2D eigenvalue weighted by Gasteiger charge is 2.25. The van der Waals surface area contributed by atoms with Crippen LogP contribution in [0.5, 0.6) is 11.5 Å². The minimum absolute atomic E-state index is 0.148. The van der Waals surface area contributed by atoms with Crippen molar-refractivity contribution < 1.29 is 21.6 Å². The Balaban J connectivity index is 1.04. The zero-order valence-corrected chi connectivity index (χ0v) is 30.2. The molecule has 51 heavy (non-hydrogen) atoms. The third-order valence-corrected chi connectivity index (χ3v) is 13.3. The number of ether oxygens (including phenoxy) is 1. The van der Waals surface area contributed by atoms with Crippen LogP contribution in [0.3, 0.4) is 0 Å². The number of hydrogen-bond acceptors (Lipinski definition) is 9. The second kappa shape index (κ2) is 13.1. The molecule has 6 aromatic rings. The lowest BCUT2D eigenvalue weighted by Gasteiger charge is -2.30. The van der Waals surface area contributed by atoms with Gasteiger partial charge in [-0.2, -0.15) is 0 Å². The zero-order chi connectivity index (χ0) is 35.3. The van der Waals surface area contributed by atoms with Gasteiger partial charge in [-0.3, -0.25) is 0 Å². The van der Waals surface area contributed by atoms with Gasteiger partial charge in [-0.15, -0.1) is 0 Å². The Labute approximate surface area is 298 Å². The number of nitrogens with one attached hydrogen (secondary N) is 2. The first-order valence-electron chi connectivity index (χ1n) is 17.1. The molecule has 2 fully saturated rings. The van der Waals surface area contributed by atoms with Crippen LogP contribution in [0.4, 0.5) is 11.4 Å². The van der Waals surface area contributed by atoms with Crippen LogP contribution in [-0.4, -0.2) is 77.1 Å². The molecule has 2 aromatic heterocycles. The molecule has 2 aliphatic heterocycles. The maximum atomic E-state index is 13.9. The molecule has 2 aliphatic rings. The third-order valence-electron chi connectivity index (χ3n) is 9.89. The van der Waals surface area contributed by atoms with Crippen LogP contribution in [0.2, 0.25) is 0 Å². The normalized spacial score (nSPS) is 15.9. The Morgan fingerprint density at radius 2 is 0.961 bits per heavy atom. The summed E-state index contributed by atoms with van der Waals surface area (Å²) in [5.74, 6) is 0.950. The average molecular weight is 725 g/mol. The minimum atomic E-state index is -3.90. The number of fused-ring (bicyclic) bond motifs is 2. The summed E-state index contributed by atoms with van der Waals surface area (Å²) in [4.78, 5) is 4.86. The van der Waals surface area contributed by atoms with E-state index in [2.05, 4.69) is 20.4 Å². The molecule has 4 aromatic carbocycles. The fraction of sp³-hybridized carbons (Fsp3) is 0.263. The van der Waals surface area contributed by atoms with Crippen LogP contribution in [0.1, 0.15) is 11.1 Å². The number of piperazine rings is 2. The average Bonchev–Trinajstić information content (AvgIpc) is 3.80. The highest BCUT2D eigenvalue weighted by molar-refractivity contribution is 7.90. The largest absolute Gasteiger partial charge is 0.457 e. The van der Waals surface area contributed by atoms with E-state index in [9.17, 15) is 16.8 Å². The first-order chi connectivity index (χ1) is 24.6. The van der Waals surface area contributed by atoms with Gasteiger partial charge >= 0.3 is 0 Å². The van der Waals surface area contributed by atoms with Crippen LogP contribution < -0.4 is 25.2 Å². The zero-order valence-electron chi connectivity index (χ0n) is 28.5. The molecule has 4 heterocycles. The Hall–Kier alpha value is -4.82. The minimum Gasteiger partial charge on any atom is -0.457 e. The van der Waals surface area contributed by atoms with Crippen LogP contribution >= 0.6 is 0 Å². The van der Waals surface area contributed by atoms with Crippen molar-refractivity contribution >= 4 is 53.2 Å². The van der Waals surface area contributed by atoms with Crippen molar-refractivity contribution in [2.24, 2.45) is 0 Å². The summed E-state index contributed by atoms with van der Waals surface area (Å²) in [5.41, 5.74) is 4.57. The van der Waals surface area contributed by atoms with Crippen molar-refractivity contribution in [3.8, 4) is 11.5 Å². The van der Waals surface area contributed by atoms with Gasteiger partial charge in [-0.05, 0) is 97.8 Å². The van der Waals surface area contributed by atoms with Crippen LogP contribution in [0.15, 0.2) is 107 Å². The van der Waals surface area contributed by atoms with Gasteiger partial charge in [0.25, 0.3) is 20.0 Å². The number of benzene rings is 4. The smallest absolute Gasteiger partial charge is 0.268 e. The molecule has 264 valence electrons. The fourth-order valence-electron chi connectivity index (χ4n) is 7.17. The van der Waals surface area contributed by atoms with Crippen molar-refractivity contribution in [3.05, 3.63) is 108 Å². The van der Waals surface area contributed by atoms with E-state index in [1.54, 1.807) is 62.6 Å². The van der Waals surface area contributed by atoms with E-state index in [1.807, 2.05) is 48.5 Å². The standard InChI is InChI=1S/C38H40N6O5S2/c1-27-25-29(50(45,46)43-19-13-31-33(5-3-7-35(31)43)41-21-15-39-16-22-41)9-11-37(27)49-38-12-10-30(26-28(38)2)51(47,48)44-20-14-32-34(6-4-8-36(32)44)42-23-17-40-18-24-42/h3-14,19-20,25-26,39-40H,15-18,21-24H2,1-2H3. The Morgan fingerprint density at radius 3 is 1.35 bits per heavy atom. The van der Waals surface area contributed by atoms with E-state index < -0.39 is 20.0 Å². The molecule has 2 N–H and O–H groups in total. The lowest BCUT2D eigenvalue weighted by molar-refractivity contribution is 0.474. The van der Waals surface area contributed by atoms with Crippen LogP contribution in [0, 0.1) is 13.8 Å². The summed E-state index contributed by atoms with van der Waals surface area (Å²) in [7, 11) is -7.81. The molecule has 11 nitrogen and oxygen atoms in total. The van der Waals surface area contributed by atoms with Gasteiger partial charge < -0.3 is 25.2 Å². The quantitative estimate of drug-likeness (QED) is 0.216. The van der Waals surface area contributed by atoms with E-state index in [4.69, 9.17) is 4.74 Å². The second-order valence-electron chi connectivity index (χ2n) is 13.1. The SMILES string of the molecule is Cc1cc(S(=O)(=O)n2ccc3c(N4CCNCC4)cccc32)ccc1Oc1ccc(S(=O)(=O)n2ccc3c(N4CCNCC4)cccc32)cc1C. The predicted octanol–water partition coefficient (Wildman–Crippen LogP) is 5.30. The summed E-state index contributed by atoms with van der Waals surface area (Å²) in [6.45, 7) is 10.6. The molecule has 0 saturated carbocycles. The molecule has 0 bridgehead atoms. The van der Waals surface area contributed by atoms with E-state index in [-0.39, 0.29) is 9.79 Å². The van der Waals surface area contributed by atoms with Crippen molar-refractivity contribution in [1.29, 1.82) is 0 Å². The molecule has 2 saturated heterocycles. The number of anilines is 2. The third kappa shape index (κ3) is 5.93. The van der Waals surface area contributed by atoms with Gasteiger partial charge in [0.1, 0.15) is 11.5 Å². The summed E-state index contributed by atoms with van der Waals surface area (Å²) < 4.78 is 64.6. The predicted molar refractivity (Wildman–Crippen MR) is 202 cm³/mol. The molecule has 0 spiro atoms.